The Bertz CT molecular complexity index is 1240. The number of benzene rings is 2. The zero-order valence-corrected chi connectivity index (χ0v) is 21.8. The second kappa shape index (κ2) is 10.1. The minimum atomic E-state index is -4.03. The third-order valence-electron chi connectivity index (χ3n) is 7.35. The summed E-state index contributed by atoms with van der Waals surface area (Å²) >= 11 is 0. The Morgan fingerprint density at radius 1 is 1.11 bits per heavy atom. The van der Waals surface area contributed by atoms with Gasteiger partial charge in [0.25, 0.3) is 10.0 Å². The molecule has 0 aliphatic carbocycles. The minimum Gasteiger partial charge on any atom is -0.350 e. The molecule has 1 fully saturated rings. The third kappa shape index (κ3) is 5.17. The topological polar surface area (TPSA) is 108 Å². The number of hydrogen-bond donors (Lipinski definition) is 3. The Morgan fingerprint density at radius 3 is 2.47 bits per heavy atom. The maximum atomic E-state index is 13.5. The van der Waals surface area contributed by atoms with Gasteiger partial charge in [0.1, 0.15) is 6.04 Å². The van der Waals surface area contributed by atoms with Crippen molar-refractivity contribution in [2.75, 3.05) is 13.1 Å². The lowest BCUT2D eigenvalue weighted by molar-refractivity contribution is -0.131. The number of aryl methyl sites for hydroxylation is 1. The monoisotopic (exact) mass is 510 g/mol. The van der Waals surface area contributed by atoms with Crippen LogP contribution in [0, 0.1) is 12.3 Å². The number of rotatable bonds is 7. The van der Waals surface area contributed by atoms with Gasteiger partial charge in [0, 0.05) is 24.4 Å². The van der Waals surface area contributed by atoms with Gasteiger partial charge >= 0.3 is 0 Å². The lowest BCUT2D eigenvalue weighted by Crippen LogP contribution is -2.66. The van der Waals surface area contributed by atoms with Gasteiger partial charge < -0.3 is 16.0 Å². The number of hydrogen-bond acceptors (Lipinski definition) is 5. The van der Waals surface area contributed by atoms with Gasteiger partial charge in [-0.1, -0.05) is 61.9 Å². The van der Waals surface area contributed by atoms with Gasteiger partial charge in [0.2, 0.25) is 11.8 Å². The van der Waals surface area contributed by atoms with Crippen molar-refractivity contribution in [2.24, 2.45) is 5.41 Å². The predicted molar refractivity (Wildman–Crippen MR) is 138 cm³/mol. The van der Waals surface area contributed by atoms with Crippen molar-refractivity contribution < 1.29 is 18.0 Å². The van der Waals surface area contributed by atoms with E-state index >= 15 is 0 Å². The second-order valence-electron chi connectivity index (χ2n) is 10.3. The normalized spacial score (nSPS) is 23.7. The van der Waals surface area contributed by atoms with Crippen LogP contribution in [0.1, 0.15) is 37.8 Å². The van der Waals surface area contributed by atoms with Crippen LogP contribution in [0.4, 0.5) is 0 Å². The second-order valence-corrected chi connectivity index (χ2v) is 12.1. The van der Waals surface area contributed by atoms with Crippen molar-refractivity contribution in [1.82, 2.24) is 20.3 Å². The Labute approximate surface area is 213 Å². The first-order chi connectivity index (χ1) is 17.0. The highest BCUT2D eigenvalue weighted by Gasteiger charge is 2.48. The van der Waals surface area contributed by atoms with Crippen molar-refractivity contribution in [3.8, 4) is 0 Å². The molecule has 3 N–H and O–H groups in total. The maximum Gasteiger partial charge on any atom is 0.264 e. The minimum absolute atomic E-state index is 0.0675. The van der Waals surface area contributed by atoms with E-state index in [-0.39, 0.29) is 22.6 Å². The zero-order valence-electron chi connectivity index (χ0n) is 21.0. The molecular formula is C27H34N4O4S. The number of nitrogens with one attached hydrogen (secondary N) is 3. The van der Waals surface area contributed by atoms with Crippen LogP contribution in [-0.2, 0) is 26.0 Å². The van der Waals surface area contributed by atoms with Gasteiger partial charge in [-0.2, -0.15) is 0 Å². The van der Waals surface area contributed by atoms with Crippen molar-refractivity contribution in [2.45, 2.75) is 56.5 Å². The summed E-state index contributed by atoms with van der Waals surface area (Å²) in [6.45, 7) is 7.57. The summed E-state index contributed by atoms with van der Waals surface area (Å²) in [5.74, 6) is -0.898. The number of piperidine rings is 1. The lowest BCUT2D eigenvalue weighted by atomic mass is 9.65. The van der Waals surface area contributed by atoms with Crippen molar-refractivity contribution in [3.63, 3.8) is 0 Å². The molecule has 0 bridgehead atoms. The fourth-order valence-corrected chi connectivity index (χ4v) is 6.47. The first kappa shape index (κ1) is 25.9. The molecular weight excluding hydrogens is 476 g/mol. The summed E-state index contributed by atoms with van der Waals surface area (Å²) in [5.41, 5.74) is 1.19. The highest BCUT2D eigenvalue weighted by atomic mass is 32.2. The standard InChI is InChI=1S/C27H34N4O4S/c1-20-9-11-22(12-10-20)36(34,35)31-16-15-29-25(33)23(31)17-24(32)30-27(13-14-28-19-26(27,2)3)18-21-7-5-4-6-8-21/h4-12,15-16,23,28H,13-14,17-19H2,1-3H3,(H,29,33)(H,30,32)/t23-,27-/m1/s1. The molecule has 2 aliphatic heterocycles. The average molecular weight is 511 g/mol. The Morgan fingerprint density at radius 2 is 1.81 bits per heavy atom. The van der Waals surface area contributed by atoms with Crippen LogP contribution in [0.2, 0.25) is 0 Å². The van der Waals surface area contributed by atoms with E-state index in [0.29, 0.717) is 12.8 Å². The smallest absolute Gasteiger partial charge is 0.264 e. The van der Waals surface area contributed by atoms with Crippen LogP contribution in [0.3, 0.4) is 0 Å². The number of carbonyl (C=O) groups is 2. The van der Waals surface area contributed by atoms with Gasteiger partial charge in [-0.05, 0) is 44.0 Å². The van der Waals surface area contributed by atoms with Gasteiger partial charge in [-0.25, -0.2) is 8.42 Å². The van der Waals surface area contributed by atoms with E-state index in [1.807, 2.05) is 37.3 Å². The highest BCUT2D eigenvalue weighted by Crippen LogP contribution is 2.39. The van der Waals surface area contributed by atoms with E-state index in [9.17, 15) is 18.0 Å². The summed E-state index contributed by atoms with van der Waals surface area (Å²) in [4.78, 5) is 26.4. The molecule has 0 aromatic heterocycles. The van der Waals surface area contributed by atoms with Crippen LogP contribution in [0.25, 0.3) is 0 Å². The third-order valence-corrected chi connectivity index (χ3v) is 9.15. The first-order valence-corrected chi connectivity index (χ1v) is 13.6. The highest BCUT2D eigenvalue weighted by molar-refractivity contribution is 7.89. The van der Waals surface area contributed by atoms with Crippen LogP contribution in [0.5, 0.6) is 0 Å². The summed E-state index contributed by atoms with van der Waals surface area (Å²) in [7, 11) is -4.03. The molecule has 2 amide bonds. The van der Waals surface area contributed by atoms with Gasteiger partial charge in [0.15, 0.2) is 0 Å². The van der Waals surface area contributed by atoms with Crippen LogP contribution < -0.4 is 16.0 Å². The fraction of sp³-hybridized carbons (Fsp3) is 0.407. The molecule has 4 rings (SSSR count). The van der Waals surface area contributed by atoms with Gasteiger partial charge in [-0.15, -0.1) is 0 Å². The van der Waals surface area contributed by atoms with E-state index in [1.54, 1.807) is 12.1 Å². The number of carbonyl (C=O) groups excluding carboxylic acids is 2. The van der Waals surface area contributed by atoms with Crippen molar-refractivity contribution in [3.05, 3.63) is 78.1 Å². The Hall–Kier alpha value is -3.17. The van der Waals surface area contributed by atoms with Crippen LogP contribution in [0.15, 0.2) is 71.9 Å². The SMILES string of the molecule is Cc1ccc(S(=O)(=O)N2C=CNC(=O)[C@H]2CC(=O)N[C@@]2(Cc3ccccc3)CCNCC2(C)C)cc1. The number of nitrogens with zero attached hydrogens (tertiary/aromatic N) is 1. The molecule has 0 spiro atoms. The quantitative estimate of drug-likeness (QED) is 0.531. The van der Waals surface area contributed by atoms with E-state index in [2.05, 4.69) is 29.8 Å². The maximum absolute atomic E-state index is 13.5. The molecule has 8 nitrogen and oxygen atoms in total. The number of amides is 2. The van der Waals surface area contributed by atoms with Gasteiger partial charge in [0.05, 0.1) is 16.9 Å². The summed E-state index contributed by atoms with van der Waals surface area (Å²) in [5, 5.41) is 9.22. The molecule has 36 heavy (non-hydrogen) atoms. The predicted octanol–water partition coefficient (Wildman–Crippen LogP) is 2.46. The molecule has 0 unspecified atom stereocenters. The summed E-state index contributed by atoms with van der Waals surface area (Å²) in [6, 6.07) is 15.2. The zero-order chi connectivity index (χ0) is 26.0. The molecule has 2 aromatic carbocycles. The molecule has 0 radical (unpaired) electrons. The number of sulfonamides is 1. The van der Waals surface area contributed by atoms with E-state index < -0.39 is 27.5 Å². The van der Waals surface area contributed by atoms with E-state index in [0.717, 1.165) is 28.5 Å². The lowest BCUT2D eigenvalue weighted by Gasteiger charge is -2.51. The largest absolute Gasteiger partial charge is 0.350 e. The Kier molecular flexibility index (Phi) is 7.24. The molecule has 9 heteroatoms. The molecule has 2 aliphatic rings. The molecule has 192 valence electrons. The Balaban J connectivity index is 1.60. The van der Waals surface area contributed by atoms with Crippen LogP contribution >= 0.6 is 0 Å². The summed E-state index contributed by atoms with van der Waals surface area (Å²) < 4.78 is 27.8. The van der Waals surface area contributed by atoms with Crippen molar-refractivity contribution >= 4 is 21.8 Å². The van der Waals surface area contributed by atoms with Crippen molar-refractivity contribution in [1.29, 1.82) is 0 Å². The summed E-state index contributed by atoms with van der Waals surface area (Å²) in [6.07, 6.45) is 3.65. The van der Waals surface area contributed by atoms with Gasteiger partial charge in [-0.3, -0.25) is 13.9 Å². The average Bonchev–Trinajstić information content (AvgIpc) is 2.83. The molecule has 2 atom stereocenters. The van der Waals surface area contributed by atoms with E-state index in [4.69, 9.17) is 0 Å². The molecule has 2 aromatic rings. The molecule has 0 saturated carbocycles. The fourth-order valence-electron chi connectivity index (χ4n) is 5.02. The first-order valence-electron chi connectivity index (χ1n) is 12.2. The molecule has 2 heterocycles. The van der Waals surface area contributed by atoms with E-state index in [1.165, 1.54) is 24.5 Å². The van der Waals surface area contributed by atoms with Crippen LogP contribution in [-0.4, -0.2) is 49.2 Å². The molecule has 1 saturated heterocycles.